The van der Waals surface area contributed by atoms with E-state index >= 15 is 0 Å². The third-order valence-electron chi connectivity index (χ3n) is 5.97. The molecule has 2 aliphatic heterocycles. The third kappa shape index (κ3) is 6.07. The molecule has 0 spiro atoms. The molecule has 2 aliphatic rings. The minimum absolute atomic E-state index is 0.249. The predicted octanol–water partition coefficient (Wildman–Crippen LogP) is 2.20. The van der Waals surface area contributed by atoms with Gasteiger partial charge in [-0.05, 0) is 50.4 Å². The summed E-state index contributed by atoms with van der Waals surface area (Å²) in [5.41, 5.74) is 1.23. The second kappa shape index (κ2) is 10.8. The molecule has 162 valence electrons. The number of carbonyl (C=O) groups excluding carboxylic acids is 1. The van der Waals surface area contributed by atoms with E-state index in [0.717, 1.165) is 70.0 Å². The number of hydroxylamine groups is 2. The highest BCUT2D eigenvalue weighted by Crippen LogP contribution is 2.28. The molecule has 0 N–H and O–H groups in total. The molecular formula is C22H35N3O4. The highest BCUT2D eigenvalue weighted by molar-refractivity contribution is 5.76. The Balaban J connectivity index is 1.46. The summed E-state index contributed by atoms with van der Waals surface area (Å²) in [5.74, 6) is 1.77. The molecule has 0 radical (unpaired) electrons. The maximum absolute atomic E-state index is 12.6. The van der Waals surface area contributed by atoms with Gasteiger partial charge >= 0.3 is 0 Å². The van der Waals surface area contributed by atoms with E-state index in [0.29, 0.717) is 19.0 Å². The Morgan fingerprint density at radius 1 is 1.21 bits per heavy atom. The third-order valence-corrected chi connectivity index (χ3v) is 5.97. The maximum atomic E-state index is 12.6. The predicted molar refractivity (Wildman–Crippen MR) is 112 cm³/mol. The second-order valence-electron chi connectivity index (χ2n) is 7.92. The molecule has 2 fully saturated rings. The average molecular weight is 406 g/mol. The van der Waals surface area contributed by atoms with Gasteiger partial charge in [0.1, 0.15) is 0 Å². The van der Waals surface area contributed by atoms with Crippen LogP contribution >= 0.6 is 0 Å². The van der Waals surface area contributed by atoms with Crippen molar-refractivity contribution in [1.82, 2.24) is 14.9 Å². The standard InChI is InChI=1S/C22H35N3O4/c1-23(13-9-18-7-8-20(27-2)21(16-18)28-3)19-6-4-11-24(17-19)22(26)10-14-25-12-5-15-29-25/h7-8,16,19H,4-6,9-15,17H2,1-3H3/t19-/m1/s1. The van der Waals surface area contributed by atoms with Crippen molar-refractivity contribution in [3.63, 3.8) is 0 Å². The number of carbonyl (C=O) groups is 1. The molecule has 0 unspecified atom stereocenters. The average Bonchev–Trinajstić information content (AvgIpc) is 3.29. The molecule has 1 aromatic carbocycles. The minimum Gasteiger partial charge on any atom is -0.493 e. The summed E-state index contributed by atoms with van der Waals surface area (Å²) in [4.78, 5) is 22.6. The fraction of sp³-hybridized carbons (Fsp3) is 0.682. The first-order valence-electron chi connectivity index (χ1n) is 10.7. The summed E-state index contributed by atoms with van der Waals surface area (Å²) in [7, 11) is 5.48. The van der Waals surface area contributed by atoms with Gasteiger partial charge in [0.05, 0.1) is 20.8 Å². The summed E-state index contributed by atoms with van der Waals surface area (Å²) in [6.45, 7) is 5.07. The van der Waals surface area contributed by atoms with Gasteiger partial charge in [-0.2, -0.15) is 5.06 Å². The van der Waals surface area contributed by atoms with Crippen molar-refractivity contribution >= 4 is 5.91 Å². The van der Waals surface area contributed by atoms with Gasteiger partial charge in [-0.15, -0.1) is 0 Å². The van der Waals surface area contributed by atoms with Gasteiger partial charge < -0.3 is 19.3 Å². The van der Waals surface area contributed by atoms with Crippen LogP contribution < -0.4 is 9.47 Å². The zero-order chi connectivity index (χ0) is 20.6. The van der Waals surface area contributed by atoms with Crippen LogP contribution in [0.3, 0.4) is 0 Å². The number of hydrogen-bond donors (Lipinski definition) is 0. The fourth-order valence-electron chi connectivity index (χ4n) is 4.12. The Kier molecular flexibility index (Phi) is 8.15. The Hall–Kier alpha value is -1.83. The van der Waals surface area contributed by atoms with E-state index in [-0.39, 0.29) is 5.91 Å². The van der Waals surface area contributed by atoms with E-state index < -0.39 is 0 Å². The molecule has 1 aromatic rings. The number of likely N-dealkylation sites (N-methyl/N-ethyl adjacent to an activating group) is 1. The zero-order valence-electron chi connectivity index (χ0n) is 18.1. The molecule has 7 heteroatoms. The van der Waals surface area contributed by atoms with Gasteiger partial charge in [-0.25, -0.2) is 0 Å². The lowest BCUT2D eigenvalue weighted by Crippen LogP contribution is -2.49. The van der Waals surface area contributed by atoms with Crippen molar-refractivity contribution in [2.45, 2.75) is 38.1 Å². The van der Waals surface area contributed by atoms with Crippen molar-refractivity contribution in [2.75, 3.05) is 60.6 Å². The van der Waals surface area contributed by atoms with Gasteiger partial charge in [0, 0.05) is 45.2 Å². The number of benzene rings is 1. The van der Waals surface area contributed by atoms with Crippen LogP contribution in [0.5, 0.6) is 11.5 Å². The second-order valence-corrected chi connectivity index (χ2v) is 7.92. The molecule has 3 rings (SSSR count). The van der Waals surface area contributed by atoms with Crippen LogP contribution in [-0.4, -0.2) is 87.4 Å². The van der Waals surface area contributed by atoms with Crippen LogP contribution in [-0.2, 0) is 16.1 Å². The molecule has 2 saturated heterocycles. The molecule has 0 saturated carbocycles. The smallest absolute Gasteiger partial charge is 0.224 e. The van der Waals surface area contributed by atoms with Crippen molar-refractivity contribution in [2.24, 2.45) is 0 Å². The van der Waals surface area contributed by atoms with Crippen LogP contribution in [0.2, 0.25) is 0 Å². The number of piperidine rings is 1. The van der Waals surface area contributed by atoms with E-state index in [1.165, 1.54) is 5.56 Å². The van der Waals surface area contributed by atoms with Gasteiger partial charge in [0.25, 0.3) is 0 Å². The van der Waals surface area contributed by atoms with Crippen LogP contribution in [0.25, 0.3) is 0 Å². The van der Waals surface area contributed by atoms with Crippen molar-refractivity contribution in [3.8, 4) is 11.5 Å². The Morgan fingerprint density at radius 3 is 2.76 bits per heavy atom. The van der Waals surface area contributed by atoms with Crippen LogP contribution in [0.4, 0.5) is 0 Å². The minimum atomic E-state index is 0.249. The number of nitrogens with zero attached hydrogens (tertiary/aromatic N) is 3. The first-order chi connectivity index (χ1) is 14.1. The topological polar surface area (TPSA) is 54.5 Å². The fourth-order valence-corrected chi connectivity index (χ4v) is 4.12. The lowest BCUT2D eigenvalue weighted by Gasteiger charge is -2.38. The number of rotatable bonds is 9. The molecule has 0 aliphatic carbocycles. The lowest BCUT2D eigenvalue weighted by atomic mass is 10.0. The van der Waals surface area contributed by atoms with Gasteiger partial charge in [0.2, 0.25) is 5.91 Å². The molecule has 29 heavy (non-hydrogen) atoms. The van der Waals surface area contributed by atoms with E-state index in [9.17, 15) is 4.79 Å². The number of amides is 1. The Morgan fingerprint density at radius 2 is 2.03 bits per heavy atom. The van der Waals surface area contributed by atoms with E-state index in [4.69, 9.17) is 14.3 Å². The molecule has 1 amide bonds. The quantitative estimate of drug-likeness (QED) is 0.628. The SMILES string of the molecule is COc1ccc(CCN(C)[C@@H]2CCCN(C(=O)CCN3CCCO3)C2)cc1OC. The monoisotopic (exact) mass is 405 g/mol. The molecule has 1 atom stereocenters. The molecule has 0 bridgehead atoms. The number of methoxy groups -OCH3 is 2. The van der Waals surface area contributed by atoms with Crippen LogP contribution in [0.15, 0.2) is 18.2 Å². The summed E-state index contributed by atoms with van der Waals surface area (Å²) < 4.78 is 10.7. The maximum Gasteiger partial charge on any atom is 0.224 e. The summed E-state index contributed by atoms with van der Waals surface area (Å²) in [6, 6.07) is 6.51. The first kappa shape index (κ1) is 21.9. The van der Waals surface area contributed by atoms with Gasteiger partial charge in [-0.1, -0.05) is 6.07 Å². The summed E-state index contributed by atoms with van der Waals surface area (Å²) >= 11 is 0. The van der Waals surface area contributed by atoms with Crippen molar-refractivity contribution in [1.29, 1.82) is 0 Å². The van der Waals surface area contributed by atoms with E-state index in [1.54, 1.807) is 14.2 Å². The highest BCUT2D eigenvalue weighted by atomic mass is 16.7. The lowest BCUT2D eigenvalue weighted by molar-refractivity contribution is -0.140. The molecule has 7 nitrogen and oxygen atoms in total. The van der Waals surface area contributed by atoms with Crippen LogP contribution in [0, 0.1) is 0 Å². The number of likely N-dealkylation sites (tertiary alicyclic amines) is 1. The zero-order valence-corrected chi connectivity index (χ0v) is 18.1. The number of hydrogen-bond acceptors (Lipinski definition) is 6. The Labute approximate surface area is 174 Å². The Bertz CT molecular complexity index is 663. The van der Waals surface area contributed by atoms with E-state index in [1.807, 2.05) is 22.1 Å². The number of ether oxygens (including phenoxy) is 2. The largest absolute Gasteiger partial charge is 0.493 e. The molecule has 2 heterocycles. The summed E-state index contributed by atoms with van der Waals surface area (Å²) in [6.07, 6.45) is 4.75. The van der Waals surface area contributed by atoms with Gasteiger partial charge in [-0.3, -0.25) is 9.63 Å². The van der Waals surface area contributed by atoms with Gasteiger partial charge in [0.15, 0.2) is 11.5 Å². The normalized spacial score (nSPS) is 20.3. The van der Waals surface area contributed by atoms with Crippen molar-refractivity contribution < 1.29 is 19.1 Å². The van der Waals surface area contributed by atoms with E-state index in [2.05, 4.69) is 18.0 Å². The molecular weight excluding hydrogens is 370 g/mol. The van der Waals surface area contributed by atoms with Crippen molar-refractivity contribution in [3.05, 3.63) is 23.8 Å². The molecule has 0 aromatic heterocycles. The first-order valence-corrected chi connectivity index (χ1v) is 10.7. The van der Waals surface area contributed by atoms with Crippen LogP contribution in [0.1, 0.15) is 31.2 Å². The highest BCUT2D eigenvalue weighted by Gasteiger charge is 2.26. The summed E-state index contributed by atoms with van der Waals surface area (Å²) in [5, 5.41) is 1.93.